The SMILES string of the molecule is COc1ccc(CN2CCC(CC(N)C3CCCC3)CC2)cc1. The maximum atomic E-state index is 6.47. The molecular weight excluding hydrogens is 284 g/mol. The van der Waals surface area contributed by atoms with Crippen LogP contribution in [-0.2, 0) is 6.54 Å². The molecule has 1 atom stereocenters. The van der Waals surface area contributed by atoms with E-state index in [0.717, 1.165) is 24.1 Å². The third kappa shape index (κ3) is 4.71. The Kier molecular flexibility index (Phi) is 5.96. The molecule has 1 saturated heterocycles. The second kappa shape index (κ2) is 8.16. The van der Waals surface area contributed by atoms with Crippen LogP contribution in [0.4, 0.5) is 0 Å². The van der Waals surface area contributed by atoms with Crippen LogP contribution in [0, 0.1) is 11.8 Å². The van der Waals surface area contributed by atoms with Crippen LogP contribution in [0.3, 0.4) is 0 Å². The van der Waals surface area contributed by atoms with Gasteiger partial charge >= 0.3 is 0 Å². The van der Waals surface area contributed by atoms with Gasteiger partial charge in [-0.15, -0.1) is 0 Å². The van der Waals surface area contributed by atoms with Crippen molar-refractivity contribution in [3.8, 4) is 5.75 Å². The number of rotatable bonds is 6. The molecule has 23 heavy (non-hydrogen) atoms. The van der Waals surface area contributed by atoms with E-state index in [1.807, 2.05) is 0 Å². The Morgan fingerprint density at radius 1 is 1.09 bits per heavy atom. The van der Waals surface area contributed by atoms with Crippen molar-refractivity contribution in [3.05, 3.63) is 29.8 Å². The molecule has 1 aromatic rings. The normalized spacial score (nSPS) is 22.3. The number of hydrogen-bond acceptors (Lipinski definition) is 3. The molecule has 1 heterocycles. The van der Waals surface area contributed by atoms with E-state index in [1.54, 1.807) is 7.11 Å². The van der Waals surface area contributed by atoms with Crippen molar-refractivity contribution in [2.45, 2.75) is 57.5 Å². The molecule has 1 saturated carbocycles. The second-order valence-corrected chi connectivity index (χ2v) is 7.51. The number of nitrogens with zero attached hydrogens (tertiary/aromatic N) is 1. The Bertz CT molecular complexity index is 459. The topological polar surface area (TPSA) is 38.5 Å². The molecule has 3 heteroatoms. The Morgan fingerprint density at radius 2 is 1.74 bits per heavy atom. The van der Waals surface area contributed by atoms with E-state index in [4.69, 9.17) is 10.5 Å². The van der Waals surface area contributed by atoms with Gasteiger partial charge in [0.2, 0.25) is 0 Å². The maximum absolute atomic E-state index is 6.47. The summed E-state index contributed by atoms with van der Waals surface area (Å²) in [6.45, 7) is 3.49. The van der Waals surface area contributed by atoms with Crippen LogP contribution >= 0.6 is 0 Å². The Balaban J connectivity index is 1.40. The summed E-state index contributed by atoms with van der Waals surface area (Å²) in [4.78, 5) is 2.58. The standard InChI is InChI=1S/C20H32N2O/c1-23-19-8-6-17(7-9-19)15-22-12-10-16(11-13-22)14-20(21)18-4-2-3-5-18/h6-9,16,18,20H,2-5,10-15,21H2,1H3. The summed E-state index contributed by atoms with van der Waals surface area (Å²) in [5, 5.41) is 0. The van der Waals surface area contributed by atoms with E-state index >= 15 is 0 Å². The van der Waals surface area contributed by atoms with Crippen molar-refractivity contribution in [3.63, 3.8) is 0 Å². The van der Waals surface area contributed by atoms with Crippen LogP contribution in [0.25, 0.3) is 0 Å². The zero-order chi connectivity index (χ0) is 16.1. The van der Waals surface area contributed by atoms with E-state index < -0.39 is 0 Å². The number of methoxy groups -OCH3 is 1. The second-order valence-electron chi connectivity index (χ2n) is 7.51. The first-order valence-corrected chi connectivity index (χ1v) is 9.35. The van der Waals surface area contributed by atoms with Gasteiger partial charge in [0.15, 0.2) is 0 Å². The molecule has 0 amide bonds. The third-order valence-corrected chi connectivity index (χ3v) is 5.88. The van der Waals surface area contributed by atoms with Gasteiger partial charge in [-0.1, -0.05) is 25.0 Å². The lowest BCUT2D eigenvalue weighted by atomic mass is 9.85. The molecule has 0 bridgehead atoms. The third-order valence-electron chi connectivity index (χ3n) is 5.88. The number of hydrogen-bond donors (Lipinski definition) is 1. The molecule has 1 unspecified atom stereocenters. The predicted octanol–water partition coefficient (Wildman–Crippen LogP) is 3.81. The van der Waals surface area contributed by atoms with Crippen LogP contribution in [0.1, 0.15) is 50.5 Å². The minimum atomic E-state index is 0.454. The largest absolute Gasteiger partial charge is 0.497 e. The Morgan fingerprint density at radius 3 is 2.35 bits per heavy atom. The Labute approximate surface area is 141 Å². The van der Waals surface area contributed by atoms with Gasteiger partial charge in [0, 0.05) is 12.6 Å². The monoisotopic (exact) mass is 316 g/mol. The molecule has 0 spiro atoms. The van der Waals surface area contributed by atoms with Crippen LogP contribution in [0.2, 0.25) is 0 Å². The van der Waals surface area contributed by atoms with Crippen molar-refractivity contribution in [1.82, 2.24) is 4.90 Å². The smallest absolute Gasteiger partial charge is 0.118 e. The minimum absolute atomic E-state index is 0.454. The molecule has 1 aliphatic carbocycles. The molecule has 3 nitrogen and oxygen atoms in total. The summed E-state index contributed by atoms with van der Waals surface area (Å²) in [7, 11) is 1.72. The zero-order valence-electron chi connectivity index (χ0n) is 14.5. The first-order chi connectivity index (χ1) is 11.2. The molecule has 1 aliphatic heterocycles. The fourth-order valence-electron chi connectivity index (χ4n) is 4.33. The number of benzene rings is 1. The van der Waals surface area contributed by atoms with Crippen molar-refractivity contribution < 1.29 is 4.74 Å². The minimum Gasteiger partial charge on any atom is -0.497 e. The molecule has 2 fully saturated rings. The summed E-state index contributed by atoms with van der Waals surface area (Å²) in [5.74, 6) is 2.60. The highest BCUT2D eigenvalue weighted by atomic mass is 16.5. The summed E-state index contributed by atoms with van der Waals surface area (Å²) in [5.41, 5.74) is 7.85. The average molecular weight is 316 g/mol. The lowest BCUT2D eigenvalue weighted by Gasteiger charge is -2.34. The predicted molar refractivity (Wildman–Crippen MR) is 95.5 cm³/mol. The molecule has 3 rings (SSSR count). The molecule has 0 aromatic heterocycles. The van der Waals surface area contributed by atoms with Gasteiger partial charge in [0.05, 0.1) is 7.11 Å². The van der Waals surface area contributed by atoms with Crippen molar-refractivity contribution >= 4 is 0 Å². The fourth-order valence-corrected chi connectivity index (χ4v) is 4.33. The van der Waals surface area contributed by atoms with Crippen LogP contribution < -0.4 is 10.5 Å². The number of ether oxygens (including phenoxy) is 1. The summed E-state index contributed by atoms with van der Waals surface area (Å²) < 4.78 is 5.23. The van der Waals surface area contributed by atoms with Gasteiger partial charge in [-0.3, -0.25) is 4.90 Å². The van der Waals surface area contributed by atoms with E-state index in [9.17, 15) is 0 Å². The first-order valence-electron chi connectivity index (χ1n) is 9.35. The van der Waals surface area contributed by atoms with Gasteiger partial charge < -0.3 is 10.5 Å². The highest BCUT2D eigenvalue weighted by Gasteiger charge is 2.26. The van der Waals surface area contributed by atoms with E-state index in [1.165, 1.54) is 63.6 Å². The van der Waals surface area contributed by atoms with Gasteiger partial charge in [-0.25, -0.2) is 0 Å². The average Bonchev–Trinajstić information content (AvgIpc) is 3.12. The summed E-state index contributed by atoms with van der Waals surface area (Å²) >= 11 is 0. The van der Waals surface area contributed by atoms with Crippen molar-refractivity contribution in [1.29, 1.82) is 0 Å². The molecule has 2 aliphatic rings. The van der Waals surface area contributed by atoms with Crippen LogP contribution in [0.5, 0.6) is 5.75 Å². The number of nitrogens with two attached hydrogens (primary N) is 1. The Hall–Kier alpha value is -1.06. The van der Waals surface area contributed by atoms with Gasteiger partial charge in [-0.05, 0) is 74.7 Å². The highest BCUT2D eigenvalue weighted by molar-refractivity contribution is 5.27. The van der Waals surface area contributed by atoms with Gasteiger partial charge in [0.1, 0.15) is 5.75 Å². The quantitative estimate of drug-likeness (QED) is 0.867. The van der Waals surface area contributed by atoms with Gasteiger partial charge in [-0.2, -0.15) is 0 Å². The first kappa shape index (κ1) is 16.8. The van der Waals surface area contributed by atoms with E-state index in [-0.39, 0.29) is 0 Å². The number of likely N-dealkylation sites (tertiary alicyclic amines) is 1. The van der Waals surface area contributed by atoms with Gasteiger partial charge in [0.25, 0.3) is 0 Å². The molecule has 1 aromatic carbocycles. The van der Waals surface area contributed by atoms with Crippen LogP contribution in [-0.4, -0.2) is 31.1 Å². The van der Waals surface area contributed by atoms with Crippen molar-refractivity contribution in [2.75, 3.05) is 20.2 Å². The lowest BCUT2D eigenvalue weighted by molar-refractivity contribution is 0.162. The molecular formula is C20H32N2O. The summed E-state index contributed by atoms with van der Waals surface area (Å²) in [6, 6.07) is 8.93. The lowest BCUT2D eigenvalue weighted by Crippen LogP contribution is -2.37. The van der Waals surface area contributed by atoms with E-state index in [0.29, 0.717) is 6.04 Å². The number of piperidine rings is 1. The zero-order valence-corrected chi connectivity index (χ0v) is 14.5. The summed E-state index contributed by atoms with van der Waals surface area (Å²) in [6.07, 6.45) is 9.43. The van der Waals surface area contributed by atoms with Crippen molar-refractivity contribution in [2.24, 2.45) is 17.6 Å². The van der Waals surface area contributed by atoms with Crippen LogP contribution in [0.15, 0.2) is 24.3 Å². The fraction of sp³-hybridized carbons (Fsp3) is 0.700. The molecule has 0 radical (unpaired) electrons. The maximum Gasteiger partial charge on any atom is 0.118 e. The molecule has 128 valence electrons. The van der Waals surface area contributed by atoms with E-state index in [2.05, 4.69) is 29.2 Å². The molecule has 2 N–H and O–H groups in total. The highest BCUT2D eigenvalue weighted by Crippen LogP contribution is 2.31.